The third-order valence-corrected chi connectivity index (χ3v) is 2.69. The molecule has 3 N–H and O–H groups in total. The second-order valence-electron chi connectivity index (χ2n) is 3.75. The molecule has 0 spiro atoms. The summed E-state index contributed by atoms with van der Waals surface area (Å²) in [5.74, 6) is -2.69. The summed E-state index contributed by atoms with van der Waals surface area (Å²) in [7, 11) is 0. The molecule has 0 radical (unpaired) electrons. The molecule has 0 aliphatic heterocycles. The first kappa shape index (κ1) is 13.4. The van der Waals surface area contributed by atoms with E-state index in [4.69, 9.17) is 18.0 Å². The molecule has 2 rings (SSSR count). The van der Waals surface area contributed by atoms with Gasteiger partial charge in [-0.15, -0.1) is 0 Å². The lowest BCUT2D eigenvalue weighted by Crippen LogP contribution is -2.14. The monoisotopic (exact) mass is 282 g/mol. The number of anilines is 2. The largest absolute Gasteiger partial charge is 0.389 e. The van der Waals surface area contributed by atoms with Crippen molar-refractivity contribution >= 4 is 28.6 Å². The Kier molecular flexibility index (Phi) is 3.71. The molecule has 0 unspecified atom stereocenters. The molecule has 0 saturated heterocycles. The lowest BCUT2D eigenvalue weighted by atomic mass is 10.1. The summed E-state index contributed by atoms with van der Waals surface area (Å²) in [5, 5.41) is 2.58. The van der Waals surface area contributed by atoms with Gasteiger partial charge in [-0.3, -0.25) is 0 Å². The summed E-state index contributed by atoms with van der Waals surface area (Å²) >= 11 is 4.74. The number of hydrogen-bond acceptors (Lipinski definition) is 2. The summed E-state index contributed by atoms with van der Waals surface area (Å²) in [6.45, 7) is 0. The van der Waals surface area contributed by atoms with Crippen molar-refractivity contribution in [1.82, 2.24) is 0 Å². The Bertz CT molecular complexity index is 644. The Balaban J connectivity index is 2.47. The molecule has 0 fully saturated rings. The number of nitrogens with one attached hydrogen (secondary N) is 1. The zero-order chi connectivity index (χ0) is 14.0. The lowest BCUT2D eigenvalue weighted by molar-refractivity contribution is 0.512. The Morgan fingerprint density at radius 3 is 2.16 bits per heavy atom. The van der Waals surface area contributed by atoms with Crippen LogP contribution < -0.4 is 11.1 Å². The Hall–Kier alpha value is -2.08. The van der Waals surface area contributed by atoms with Gasteiger partial charge in [-0.1, -0.05) is 24.4 Å². The topological polar surface area (TPSA) is 38.0 Å². The maximum Gasteiger partial charge on any atom is 0.182 e. The van der Waals surface area contributed by atoms with Gasteiger partial charge in [-0.25, -0.2) is 13.2 Å². The van der Waals surface area contributed by atoms with Gasteiger partial charge in [0.05, 0.1) is 16.9 Å². The minimum absolute atomic E-state index is 0.0406. The highest BCUT2D eigenvalue weighted by atomic mass is 32.1. The van der Waals surface area contributed by atoms with Crippen LogP contribution in [-0.4, -0.2) is 4.99 Å². The van der Waals surface area contributed by atoms with Crippen LogP contribution in [0, 0.1) is 17.5 Å². The van der Waals surface area contributed by atoms with E-state index in [1.165, 1.54) is 30.3 Å². The van der Waals surface area contributed by atoms with Crippen molar-refractivity contribution in [2.75, 3.05) is 5.32 Å². The van der Waals surface area contributed by atoms with E-state index in [0.29, 0.717) is 0 Å². The van der Waals surface area contributed by atoms with Gasteiger partial charge in [-0.2, -0.15) is 0 Å². The highest BCUT2D eigenvalue weighted by Gasteiger charge is 2.14. The molecular formula is C13H9F3N2S. The van der Waals surface area contributed by atoms with E-state index in [1.807, 2.05) is 0 Å². The van der Waals surface area contributed by atoms with Crippen LogP contribution in [0.4, 0.5) is 24.5 Å². The van der Waals surface area contributed by atoms with Crippen molar-refractivity contribution in [1.29, 1.82) is 0 Å². The molecule has 6 heteroatoms. The van der Waals surface area contributed by atoms with E-state index < -0.39 is 17.5 Å². The molecule has 0 aliphatic carbocycles. The molecule has 0 heterocycles. The van der Waals surface area contributed by atoms with E-state index in [2.05, 4.69) is 5.32 Å². The van der Waals surface area contributed by atoms with E-state index >= 15 is 0 Å². The Labute approximate surface area is 113 Å². The number of thiocarbonyl (C=S) groups is 1. The van der Waals surface area contributed by atoms with Gasteiger partial charge >= 0.3 is 0 Å². The molecule has 0 bridgehead atoms. The number of rotatable bonds is 3. The first-order valence-corrected chi connectivity index (χ1v) is 5.71. The standard InChI is InChI=1S/C13H9F3N2S/c14-7-3-1-5-9(11(7)13(17)19)18-10-6-2-4-8(15)12(10)16/h1-6,18H,(H2,17,19). The van der Waals surface area contributed by atoms with Gasteiger partial charge in [0.25, 0.3) is 0 Å². The van der Waals surface area contributed by atoms with Gasteiger partial charge in [0.15, 0.2) is 11.6 Å². The lowest BCUT2D eigenvalue weighted by Gasteiger charge is -2.12. The van der Waals surface area contributed by atoms with Crippen LogP contribution in [0.25, 0.3) is 0 Å². The maximum absolute atomic E-state index is 13.6. The predicted octanol–water partition coefficient (Wildman–Crippen LogP) is 3.48. The molecule has 0 amide bonds. The summed E-state index contributed by atoms with van der Waals surface area (Å²) < 4.78 is 40.2. The first-order chi connectivity index (χ1) is 9.00. The fraction of sp³-hybridized carbons (Fsp3) is 0. The minimum atomic E-state index is -1.05. The smallest absolute Gasteiger partial charge is 0.182 e. The third-order valence-electron chi connectivity index (χ3n) is 2.48. The normalized spacial score (nSPS) is 10.3. The van der Waals surface area contributed by atoms with Gasteiger partial charge < -0.3 is 11.1 Å². The van der Waals surface area contributed by atoms with Crippen molar-refractivity contribution < 1.29 is 13.2 Å². The van der Waals surface area contributed by atoms with Gasteiger partial charge in [0, 0.05) is 0 Å². The molecule has 2 nitrogen and oxygen atoms in total. The van der Waals surface area contributed by atoms with Crippen molar-refractivity contribution in [3.8, 4) is 0 Å². The van der Waals surface area contributed by atoms with Crippen molar-refractivity contribution in [3.05, 3.63) is 59.4 Å². The average Bonchev–Trinajstić information content (AvgIpc) is 2.34. The van der Waals surface area contributed by atoms with E-state index in [0.717, 1.165) is 6.07 Å². The molecule has 0 saturated carbocycles. The van der Waals surface area contributed by atoms with Crippen LogP contribution in [0.15, 0.2) is 36.4 Å². The summed E-state index contributed by atoms with van der Waals surface area (Å²) in [5.41, 5.74) is 5.44. The van der Waals surface area contributed by atoms with Crippen LogP contribution in [0.3, 0.4) is 0 Å². The van der Waals surface area contributed by atoms with E-state index in [9.17, 15) is 13.2 Å². The Morgan fingerprint density at radius 1 is 0.947 bits per heavy atom. The van der Waals surface area contributed by atoms with E-state index in [-0.39, 0.29) is 21.9 Å². The minimum Gasteiger partial charge on any atom is -0.389 e. The van der Waals surface area contributed by atoms with Gasteiger partial charge in [0.1, 0.15) is 10.8 Å². The summed E-state index contributed by atoms with van der Waals surface area (Å²) in [6, 6.07) is 7.72. The molecule has 98 valence electrons. The zero-order valence-corrected chi connectivity index (χ0v) is 10.4. The fourth-order valence-electron chi connectivity index (χ4n) is 1.62. The molecule has 0 aromatic heterocycles. The summed E-state index contributed by atoms with van der Waals surface area (Å²) in [4.78, 5) is -0.169. The van der Waals surface area contributed by atoms with Crippen LogP contribution in [0.1, 0.15) is 5.56 Å². The van der Waals surface area contributed by atoms with Crippen molar-refractivity contribution in [2.45, 2.75) is 0 Å². The highest BCUT2D eigenvalue weighted by molar-refractivity contribution is 7.80. The molecule has 0 atom stereocenters. The number of benzene rings is 2. The molecule has 2 aromatic rings. The average molecular weight is 282 g/mol. The number of nitrogens with two attached hydrogens (primary N) is 1. The molecule has 0 aliphatic rings. The van der Waals surface area contributed by atoms with Crippen LogP contribution >= 0.6 is 12.2 Å². The van der Waals surface area contributed by atoms with Crippen LogP contribution in [0.5, 0.6) is 0 Å². The van der Waals surface area contributed by atoms with Crippen molar-refractivity contribution in [3.63, 3.8) is 0 Å². The van der Waals surface area contributed by atoms with Crippen LogP contribution in [-0.2, 0) is 0 Å². The van der Waals surface area contributed by atoms with Crippen molar-refractivity contribution in [2.24, 2.45) is 5.73 Å². The highest BCUT2D eigenvalue weighted by Crippen LogP contribution is 2.25. The second kappa shape index (κ2) is 5.27. The molecule has 19 heavy (non-hydrogen) atoms. The zero-order valence-electron chi connectivity index (χ0n) is 9.58. The summed E-state index contributed by atoms with van der Waals surface area (Å²) in [6.07, 6.45) is 0. The second-order valence-corrected chi connectivity index (χ2v) is 4.19. The Morgan fingerprint density at radius 2 is 1.53 bits per heavy atom. The third kappa shape index (κ3) is 2.68. The number of hydrogen-bond donors (Lipinski definition) is 2. The molecule has 2 aromatic carbocycles. The number of halogens is 3. The van der Waals surface area contributed by atoms with Crippen LogP contribution in [0.2, 0.25) is 0 Å². The maximum atomic E-state index is 13.6. The molecular weight excluding hydrogens is 273 g/mol. The van der Waals surface area contributed by atoms with E-state index in [1.54, 1.807) is 0 Å². The fourth-order valence-corrected chi connectivity index (χ4v) is 1.83. The quantitative estimate of drug-likeness (QED) is 0.846. The predicted molar refractivity (Wildman–Crippen MR) is 71.9 cm³/mol. The van der Waals surface area contributed by atoms with Gasteiger partial charge in [0.2, 0.25) is 0 Å². The van der Waals surface area contributed by atoms with Gasteiger partial charge in [-0.05, 0) is 24.3 Å². The first-order valence-electron chi connectivity index (χ1n) is 5.30. The SMILES string of the molecule is NC(=S)c1c(F)cccc1Nc1cccc(F)c1F.